The molecular formula is C40H38O10S2. The third-order valence-corrected chi connectivity index (χ3v) is 13.5. The Bertz CT molecular complexity index is 2280. The predicted octanol–water partition coefficient (Wildman–Crippen LogP) is 5.88. The van der Waals surface area contributed by atoms with Crippen molar-refractivity contribution in [2.45, 2.75) is 59.8 Å². The molecule has 0 aliphatic rings. The maximum atomic E-state index is 14.1. The average Bonchev–Trinajstić information content (AvgIpc) is 3.13. The fourth-order valence-electron chi connectivity index (χ4n) is 5.40. The maximum Gasteiger partial charge on any atom is 0.325 e. The summed E-state index contributed by atoms with van der Waals surface area (Å²) in [4.78, 5) is 25.3. The Morgan fingerprint density at radius 2 is 1.02 bits per heavy atom. The van der Waals surface area contributed by atoms with E-state index in [1.54, 1.807) is 50.2 Å². The molecule has 4 rings (SSSR count). The highest BCUT2D eigenvalue weighted by Crippen LogP contribution is 2.37. The zero-order valence-corrected chi connectivity index (χ0v) is 30.7. The quantitative estimate of drug-likeness (QED) is 0.141. The van der Waals surface area contributed by atoms with Crippen molar-refractivity contribution < 1.29 is 46.1 Å². The fraction of sp³-hybridized carbons (Fsp3) is 0.250. The first-order valence-electron chi connectivity index (χ1n) is 16.0. The first-order valence-corrected chi connectivity index (χ1v) is 19.0. The Labute approximate surface area is 304 Å². The third kappa shape index (κ3) is 8.15. The molecule has 0 aromatic heterocycles. The van der Waals surface area contributed by atoms with Crippen molar-refractivity contribution in [3.8, 4) is 46.3 Å². The molecule has 4 aromatic carbocycles. The number of rotatable bonds is 15. The molecule has 12 heteroatoms. The number of hydrogen-bond acceptors (Lipinski definition) is 8. The molecule has 0 heterocycles. The van der Waals surface area contributed by atoms with Gasteiger partial charge < -0.3 is 19.7 Å². The van der Waals surface area contributed by atoms with Crippen molar-refractivity contribution in [1.82, 2.24) is 0 Å². The molecule has 2 N–H and O–H groups in total. The molecule has 0 saturated heterocycles. The highest BCUT2D eigenvalue weighted by atomic mass is 32.2. The number of ether oxygens (including phenoxy) is 2. The van der Waals surface area contributed by atoms with Crippen LogP contribution in [0.2, 0.25) is 0 Å². The van der Waals surface area contributed by atoms with Gasteiger partial charge in [0.1, 0.15) is 24.7 Å². The summed E-state index contributed by atoms with van der Waals surface area (Å²) in [5.41, 5.74) is 1.61. The minimum atomic E-state index is -4.62. The normalized spacial score (nSPS) is 13.5. The summed E-state index contributed by atoms with van der Waals surface area (Å²) in [5.74, 6) is 8.19. The Hall–Kier alpha value is -5.56. The van der Waals surface area contributed by atoms with Gasteiger partial charge in [0, 0.05) is 12.8 Å². The van der Waals surface area contributed by atoms with Crippen molar-refractivity contribution in [2.24, 2.45) is 0 Å². The first-order chi connectivity index (χ1) is 24.6. The molecule has 2 unspecified atom stereocenters. The predicted molar refractivity (Wildman–Crippen MR) is 197 cm³/mol. The Morgan fingerprint density at radius 3 is 1.42 bits per heavy atom. The monoisotopic (exact) mass is 742 g/mol. The second kappa shape index (κ2) is 16.2. The molecule has 2 atom stereocenters. The number of sulfone groups is 2. The molecule has 270 valence electrons. The van der Waals surface area contributed by atoms with Crippen LogP contribution in [-0.4, -0.2) is 61.7 Å². The number of carboxylic acids is 2. The van der Waals surface area contributed by atoms with Crippen LogP contribution >= 0.6 is 0 Å². The number of aliphatic carboxylic acids is 2. The van der Waals surface area contributed by atoms with E-state index in [1.807, 2.05) is 6.07 Å². The van der Waals surface area contributed by atoms with E-state index in [2.05, 4.69) is 23.7 Å². The lowest BCUT2D eigenvalue weighted by Gasteiger charge is -2.29. The minimum Gasteiger partial charge on any atom is -0.481 e. The fourth-order valence-corrected chi connectivity index (χ4v) is 8.58. The molecule has 4 aromatic rings. The number of benzene rings is 4. The highest BCUT2D eigenvalue weighted by molar-refractivity contribution is 7.94. The SMILES string of the molecule is CC#CCOc1ccc(S(=O)(=O)C(C)(Cc2ccc(-c3ccccc3)cc2CC(C)(C(=O)O)S(=O)(=O)c2ccc(OCC#CC)cc2)C(=O)O)cc1. The zero-order valence-electron chi connectivity index (χ0n) is 29.0. The highest BCUT2D eigenvalue weighted by Gasteiger charge is 2.50. The molecule has 0 radical (unpaired) electrons. The Morgan fingerprint density at radius 1 is 0.596 bits per heavy atom. The van der Waals surface area contributed by atoms with E-state index in [0.29, 0.717) is 17.1 Å². The standard InChI is InChI=1S/C40H38O10S2/c1-5-7-24-49-33-16-20-35(21-17-33)51(45,46)39(3,37(41)42)27-31-15-14-30(29-12-10-9-11-13-29)26-32(31)28-40(4,38(43)44)52(47,48)36-22-18-34(19-23-36)50-25-8-6-2/h9-23,26H,24-25,27-28H2,1-4H3,(H,41,42)(H,43,44). The van der Waals surface area contributed by atoms with Crippen molar-refractivity contribution in [1.29, 1.82) is 0 Å². The number of hydrogen-bond donors (Lipinski definition) is 2. The van der Waals surface area contributed by atoms with Gasteiger partial charge >= 0.3 is 11.9 Å². The van der Waals surface area contributed by atoms with E-state index in [1.165, 1.54) is 54.6 Å². The van der Waals surface area contributed by atoms with Crippen LogP contribution in [0, 0.1) is 23.7 Å². The van der Waals surface area contributed by atoms with Gasteiger partial charge in [0.25, 0.3) is 0 Å². The van der Waals surface area contributed by atoms with Gasteiger partial charge in [-0.25, -0.2) is 16.8 Å². The summed E-state index contributed by atoms with van der Waals surface area (Å²) >= 11 is 0. The van der Waals surface area contributed by atoms with Crippen LogP contribution < -0.4 is 9.47 Å². The summed E-state index contributed by atoms with van der Waals surface area (Å²) in [6.07, 6.45) is -1.23. The Kier molecular flexibility index (Phi) is 12.2. The smallest absolute Gasteiger partial charge is 0.325 e. The molecule has 0 spiro atoms. The molecule has 0 fully saturated rings. The van der Waals surface area contributed by atoms with Crippen molar-refractivity contribution in [3.05, 3.63) is 108 Å². The van der Waals surface area contributed by atoms with Gasteiger partial charge in [-0.1, -0.05) is 60.4 Å². The average molecular weight is 743 g/mol. The van der Waals surface area contributed by atoms with Crippen LogP contribution in [0.25, 0.3) is 11.1 Å². The third-order valence-electron chi connectivity index (χ3n) is 8.70. The van der Waals surface area contributed by atoms with E-state index in [0.717, 1.165) is 19.4 Å². The molecule has 0 aliphatic heterocycles. The van der Waals surface area contributed by atoms with Crippen LogP contribution in [0.15, 0.2) is 107 Å². The molecular weight excluding hydrogens is 705 g/mol. The van der Waals surface area contributed by atoms with E-state index in [9.17, 15) is 36.6 Å². The summed E-state index contributed by atoms with van der Waals surface area (Å²) in [6.45, 7) is 5.60. The summed E-state index contributed by atoms with van der Waals surface area (Å²) < 4.78 is 62.4. The van der Waals surface area contributed by atoms with Gasteiger partial charge in [-0.3, -0.25) is 9.59 Å². The van der Waals surface area contributed by atoms with E-state index in [4.69, 9.17) is 9.47 Å². The van der Waals surface area contributed by atoms with E-state index >= 15 is 0 Å². The van der Waals surface area contributed by atoms with Crippen molar-refractivity contribution >= 4 is 31.6 Å². The van der Waals surface area contributed by atoms with Crippen molar-refractivity contribution in [2.75, 3.05) is 13.2 Å². The molecule has 0 saturated carbocycles. The zero-order chi connectivity index (χ0) is 38.2. The molecule has 10 nitrogen and oxygen atoms in total. The van der Waals surface area contributed by atoms with E-state index in [-0.39, 0.29) is 34.1 Å². The minimum absolute atomic E-state index is 0.0787. The lowest BCUT2D eigenvalue weighted by Crippen LogP contribution is -2.47. The first kappa shape index (κ1) is 39.2. The van der Waals surface area contributed by atoms with Crippen LogP contribution in [-0.2, 0) is 42.1 Å². The number of carbonyl (C=O) groups is 2. The lowest BCUT2D eigenvalue weighted by molar-refractivity contribution is -0.140. The summed E-state index contributed by atoms with van der Waals surface area (Å²) in [6, 6.07) is 24.3. The van der Waals surface area contributed by atoms with E-state index < -0.39 is 53.9 Å². The largest absolute Gasteiger partial charge is 0.481 e. The van der Waals surface area contributed by atoms with Gasteiger partial charge in [-0.05, 0) is 98.5 Å². The second-order valence-electron chi connectivity index (χ2n) is 12.2. The van der Waals surface area contributed by atoms with Crippen molar-refractivity contribution in [3.63, 3.8) is 0 Å². The van der Waals surface area contributed by atoms with Gasteiger partial charge in [0.15, 0.2) is 29.2 Å². The van der Waals surface area contributed by atoms with Crippen LogP contribution in [0.5, 0.6) is 11.5 Å². The van der Waals surface area contributed by atoms with Gasteiger partial charge in [0.05, 0.1) is 9.79 Å². The van der Waals surface area contributed by atoms with Crippen LogP contribution in [0.1, 0.15) is 38.8 Å². The Balaban J connectivity index is 1.81. The molecule has 0 amide bonds. The summed E-state index contributed by atoms with van der Waals surface area (Å²) in [7, 11) is -9.22. The molecule has 52 heavy (non-hydrogen) atoms. The summed E-state index contributed by atoms with van der Waals surface area (Å²) in [5, 5.41) is 21.0. The van der Waals surface area contributed by atoms with Crippen LogP contribution in [0.4, 0.5) is 0 Å². The van der Waals surface area contributed by atoms with Gasteiger partial charge in [-0.15, -0.1) is 11.8 Å². The van der Waals surface area contributed by atoms with Gasteiger partial charge in [0.2, 0.25) is 0 Å². The lowest BCUT2D eigenvalue weighted by atomic mass is 9.88. The topological polar surface area (TPSA) is 161 Å². The van der Waals surface area contributed by atoms with Crippen LogP contribution in [0.3, 0.4) is 0 Å². The second-order valence-corrected chi connectivity index (χ2v) is 16.9. The molecule has 0 bridgehead atoms. The maximum absolute atomic E-state index is 14.1. The number of carboxylic acid groups (broad SMARTS) is 2. The van der Waals surface area contributed by atoms with Gasteiger partial charge in [-0.2, -0.15) is 0 Å². The molecule has 0 aliphatic carbocycles.